The van der Waals surface area contributed by atoms with Crippen molar-refractivity contribution in [2.24, 2.45) is 5.41 Å². The summed E-state index contributed by atoms with van der Waals surface area (Å²) in [4.78, 5) is 24.1. The molecule has 1 saturated heterocycles. The molecule has 0 radical (unpaired) electrons. The Kier molecular flexibility index (Phi) is 4.73. The maximum absolute atomic E-state index is 13.5. The Balaban J connectivity index is 1.29. The summed E-state index contributed by atoms with van der Waals surface area (Å²) in [5.41, 5.74) is 10.7. The predicted octanol–water partition coefficient (Wildman–Crippen LogP) is 3.37. The maximum atomic E-state index is 13.5. The number of fused-ring (bicyclic) bond motifs is 4. The van der Waals surface area contributed by atoms with Crippen LogP contribution in [0.1, 0.15) is 40.3 Å². The second kappa shape index (κ2) is 7.72. The van der Waals surface area contributed by atoms with Gasteiger partial charge in [0.2, 0.25) is 0 Å². The molecule has 2 aromatic carbocycles. The highest BCUT2D eigenvalue weighted by Gasteiger charge is 2.32. The van der Waals surface area contributed by atoms with Gasteiger partial charge in [-0.05, 0) is 44.2 Å². The number of nitrogen functional groups attached to an aromatic ring is 1. The van der Waals surface area contributed by atoms with Crippen LogP contribution >= 0.6 is 0 Å². The zero-order chi connectivity index (χ0) is 24.3. The van der Waals surface area contributed by atoms with Crippen LogP contribution < -0.4 is 10.5 Å². The minimum absolute atomic E-state index is 0.0725. The van der Waals surface area contributed by atoms with E-state index in [0.29, 0.717) is 36.7 Å². The van der Waals surface area contributed by atoms with E-state index in [-0.39, 0.29) is 17.4 Å². The lowest BCUT2D eigenvalue weighted by atomic mass is 9.89. The van der Waals surface area contributed by atoms with Crippen LogP contribution in [0.2, 0.25) is 0 Å². The van der Waals surface area contributed by atoms with Crippen LogP contribution in [-0.4, -0.2) is 52.0 Å². The van der Waals surface area contributed by atoms with Gasteiger partial charge in [0, 0.05) is 23.7 Å². The van der Waals surface area contributed by atoms with Gasteiger partial charge in [-0.25, -0.2) is 9.97 Å². The van der Waals surface area contributed by atoms with Gasteiger partial charge in [-0.3, -0.25) is 9.20 Å². The Labute approximate surface area is 202 Å². The van der Waals surface area contributed by atoms with Crippen LogP contribution in [0.15, 0.2) is 42.6 Å². The van der Waals surface area contributed by atoms with Gasteiger partial charge in [0.05, 0.1) is 41.9 Å². The van der Waals surface area contributed by atoms with E-state index in [1.54, 1.807) is 24.2 Å². The molecule has 2 aromatic heterocycles. The van der Waals surface area contributed by atoms with Crippen LogP contribution in [0.3, 0.4) is 0 Å². The molecule has 2 aliphatic rings. The number of anilines is 1. The Morgan fingerprint density at radius 2 is 2.06 bits per heavy atom. The monoisotopic (exact) mass is 467 g/mol. The fourth-order valence-electron chi connectivity index (χ4n) is 4.69. The molecule has 176 valence electrons. The summed E-state index contributed by atoms with van der Waals surface area (Å²) in [7, 11) is 1.81. The quantitative estimate of drug-likeness (QED) is 0.454. The van der Waals surface area contributed by atoms with Gasteiger partial charge in [0.25, 0.3) is 5.91 Å². The van der Waals surface area contributed by atoms with Crippen LogP contribution in [0.25, 0.3) is 16.6 Å². The lowest BCUT2D eigenvalue weighted by Crippen LogP contribution is -2.38. The molecule has 8 nitrogen and oxygen atoms in total. The Morgan fingerprint density at radius 1 is 1.23 bits per heavy atom. The third kappa shape index (κ3) is 3.47. The maximum Gasteiger partial charge on any atom is 0.254 e. The van der Waals surface area contributed by atoms with Gasteiger partial charge in [-0.2, -0.15) is 0 Å². The second-order valence-corrected chi connectivity index (χ2v) is 9.53. The molecule has 0 spiro atoms. The zero-order valence-electron chi connectivity index (χ0n) is 19.8. The van der Waals surface area contributed by atoms with E-state index in [2.05, 4.69) is 28.7 Å². The molecule has 0 unspecified atom stereocenters. The lowest BCUT2D eigenvalue weighted by Gasteiger charge is -2.32. The Hall–Kier alpha value is -4.09. The molecule has 6 rings (SSSR count). The molecule has 4 heterocycles. The van der Waals surface area contributed by atoms with Gasteiger partial charge in [0.15, 0.2) is 0 Å². The number of nitrogens with zero attached hydrogens (tertiary/aromatic N) is 4. The Morgan fingerprint density at radius 3 is 2.83 bits per heavy atom. The molecular weight excluding hydrogens is 442 g/mol. The number of carbonyl (C=O) groups is 1. The molecule has 0 saturated carbocycles. The van der Waals surface area contributed by atoms with Crippen LogP contribution in [-0.2, 0) is 4.74 Å². The molecule has 2 N–H and O–H groups in total. The fraction of sp³-hybridized carbons (Fsp3) is 0.296. The Bertz CT molecular complexity index is 1570. The minimum atomic E-state index is -0.188. The minimum Gasteiger partial charge on any atom is -0.491 e. The number of benzene rings is 2. The van der Waals surface area contributed by atoms with Gasteiger partial charge in [-0.1, -0.05) is 17.9 Å². The smallest absolute Gasteiger partial charge is 0.254 e. The molecule has 2 aliphatic heterocycles. The first-order valence-electron chi connectivity index (χ1n) is 11.5. The fourth-order valence-corrected chi connectivity index (χ4v) is 4.69. The lowest BCUT2D eigenvalue weighted by molar-refractivity contribution is -0.0648. The number of ether oxygens (including phenoxy) is 2. The number of likely N-dealkylation sites (N-methyl/N-ethyl adjacent to an activating group) is 1. The van der Waals surface area contributed by atoms with Gasteiger partial charge in [-0.15, -0.1) is 0 Å². The highest BCUT2D eigenvalue weighted by molar-refractivity contribution is 5.98. The number of carbonyl (C=O) groups excluding carboxylic acids is 1. The number of aromatic nitrogens is 3. The summed E-state index contributed by atoms with van der Waals surface area (Å²) in [6.45, 7) is 5.73. The van der Waals surface area contributed by atoms with Gasteiger partial charge < -0.3 is 20.1 Å². The van der Waals surface area contributed by atoms with E-state index in [9.17, 15) is 4.79 Å². The summed E-state index contributed by atoms with van der Waals surface area (Å²) < 4.78 is 13.2. The molecule has 1 fully saturated rings. The van der Waals surface area contributed by atoms with Crippen LogP contribution in [0, 0.1) is 24.2 Å². The average molecular weight is 468 g/mol. The van der Waals surface area contributed by atoms with Gasteiger partial charge >= 0.3 is 0 Å². The number of imidazole rings is 1. The first kappa shape index (κ1) is 21.4. The number of hydrogen-bond donors (Lipinski definition) is 1. The number of rotatable bonds is 2. The standard InChI is InChI=1S/C27H25N5O3/c1-16-29-12-22-25(28)30-20-7-5-18(11-21(20)32(16)22)26(33)31(3)23-13-35-24-10-17(4-6-19(23)24)8-9-27(2)14-34-15-27/h4-7,10-12,23H,13-15H2,1-3H3,(H2,28,30)/t23-/m1/s1. The van der Waals surface area contributed by atoms with E-state index >= 15 is 0 Å². The number of amides is 1. The van der Waals surface area contributed by atoms with Crippen molar-refractivity contribution in [3.05, 3.63) is 65.1 Å². The van der Waals surface area contributed by atoms with E-state index in [4.69, 9.17) is 15.2 Å². The SMILES string of the molecule is Cc1ncc2c(N)nc3ccc(C(=O)N(C)[C@@H]4COc5cc(C#CC6(C)COC6)ccc54)cc3n12. The van der Waals surface area contributed by atoms with Crippen LogP contribution in [0.5, 0.6) is 5.75 Å². The summed E-state index contributed by atoms with van der Waals surface area (Å²) in [5, 5.41) is 0. The van der Waals surface area contributed by atoms with E-state index < -0.39 is 0 Å². The second-order valence-electron chi connectivity index (χ2n) is 9.53. The molecule has 1 amide bonds. The molecule has 1 atom stereocenters. The summed E-state index contributed by atoms with van der Waals surface area (Å²) in [5.74, 6) is 8.39. The molecule has 35 heavy (non-hydrogen) atoms. The first-order valence-corrected chi connectivity index (χ1v) is 11.5. The summed E-state index contributed by atoms with van der Waals surface area (Å²) in [6.07, 6.45) is 1.70. The van der Waals surface area contributed by atoms with E-state index in [1.807, 2.05) is 41.7 Å². The predicted molar refractivity (Wildman–Crippen MR) is 132 cm³/mol. The van der Waals surface area contributed by atoms with E-state index in [0.717, 1.165) is 33.7 Å². The molecule has 4 aromatic rings. The van der Waals surface area contributed by atoms with E-state index in [1.165, 1.54) is 0 Å². The molecule has 8 heteroatoms. The topological polar surface area (TPSA) is 95.0 Å². The van der Waals surface area contributed by atoms with Crippen molar-refractivity contribution in [2.45, 2.75) is 19.9 Å². The number of hydrogen-bond acceptors (Lipinski definition) is 6. The molecule has 0 bridgehead atoms. The van der Waals surface area contributed by atoms with Crippen molar-refractivity contribution < 1.29 is 14.3 Å². The normalized spacial score (nSPS) is 17.9. The number of aryl methyl sites for hydroxylation is 1. The highest BCUT2D eigenvalue weighted by Crippen LogP contribution is 2.37. The van der Waals surface area contributed by atoms with Crippen molar-refractivity contribution in [3.8, 4) is 17.6 Å². The van der Waals surface area contributed by atoms with Gasteiger partial charge in [0.1, 0.15) is 29.5 Å². The number of nitrogens with two attached hydrogens (primary N) is 1. The highest BCUT2D eigenvalue weighted by atomic mass is 16.5. The molecular formula is C27H25N5O3. The third-order valence-electron chi connectivity index (χ3n) is 6.81. The first-order chi connectivity index (χ1) is 16.8. The average Bonchev–Trinajstić information content (AvgIpc) is 3.44. The van der Waals surface area contributed by atoms with Crippen molar-refractivity contribution in [2.75, 3.05) is 32.6 Å². The summed E-state index contributed by atoms with van der Waals surface area (Å²) >= 11 is 0. The van der Waals surface area contributed by atoms with Crippen molar-refractivity contribution in [1.29, 1.82) is 0 Å². The van der Waals surface area contributed by atoms with Crippen molar-refractivity contribution in [1.82, 2.24) is 19.3 Å². The largest absolute Gasteiger partial charge is 0.491 e. The molecule has 0 aliphatic carbocycles. The summed E-state index contributed by atoms with van der Waals surface area (Å²) in [6, 6.07) is 11.2. The van der Waals surface area contributed by atoms with Crippen molar-refractivity contribution in [3.63, 3.8) is 0 Å². The third-order valence-corrected chi connectivity index (χ3v) is 6.81. The van der Waals surface area contributed by atoms with Crippen LogP contribution in [0.4, 0.5) is 5.82 Å². The zero-order valence-corrected chi connectivity index (χ0v) is 19.8. The van der Waals surface area contributed by atoms with Crippen molar-refractivity contribution >= 4 is 28.3 Å².